The van der Waals surface area contributed by atoms with Gasteiger partial charge in [0, 0.05) is 18.0 Å². The maximum absolute atomic E-state index is 13.4. The SMILES string of the molecule is O=C(CC(=O)c1ccccc1F)c1ccncc1. The lowest BCUT2D eigenvalue weighted by molar-refractivity contribution is 0.0892. The molecule has 4 heteroatoms. The van der Waals surface area contributed by atoms with E-state index in [0.29, 0.717) is 5.56 Å². The average Bonchev–Trinajstić information content (AvgIpc) is 2.40. The number of hydrogen-bond acceptors (Lipinski definition) is 3. The average molecular weight is 243 g/mol. The summed E-state index contributed by atoms with van der Waals surface area (Å²) in [6, 6.07) is 8.68. The van der Waals surface area contributed by atoms with Crippen LogP contribution < -0.4 is 0 Å². The number of nitrogens with zero attached hydrogens (tertiary/aromatic N) is 1. The molecule has 0 radical (unpaired) electrons. The van der Waals surface area contributed by atoms with Gasteiger partial charge in [-0.15, -0.1) is 0 Å². The third-order valence-electron chi connectivity index (χ3n) is 2.50. The first-order valence-corrected chi connectivity index (χ1v) is 5.39. The first-order valence-electron chi connectivity index (χ1n) is 5.39. The van der Waals surface area contributed by atoms with Gasteiger partial charge in [-0.2, -0.15) is 0 Å². The maximum Gasteiger partial charge on any atom is 0.173 e. The lowest BCUT2D eigenvalue weighted by Gasteiger charge is -2.02. The van der Waals surface area contributed by atoms with Crippen LogP contribution in [-0.4, -0.2) is 16.6 Å². The van der Waals surface area contributed by atoms with Gasteiger partial charge in [0.1, 0.15) is 5.82 Å². The number of aromatic nitrogens is 1. The highest BCUT2D eigenvalue weighted by Gasteiger charge is 2.16. The Kier molecular flexibility index (Phi) is 3.57. The summed E-state index contributed by atoms with van der Waals surface area (Å²) in [5.41, 5.74) is 0.342. The Morgan fingerprint density at radius 1 is 1.00 bits per heavy atom. The van der Waals surface area contributed by atoms with Crippen LogP contribution in [0, 0.1) is 5.82 Å². The largest absolute Gasteiger partial charge is 0.294 e. The molecular weight excluding hydrogens is 233 g/mol. The smallest absolute Gasteiger partial charge is 0.173 e. The summed E-state index contributed by atoms with van der Waals surface area (Å²) in [6.07, 6.45) is 2.60. The molecule has 2 rings (SSSR count). The molecule has 0 spiro atoms. The first-order chi connectivity index (χ1) is 8.68. The second-order valence-corrected chi connectivity index (χ2v) is 3.74. The van der Waals surface area contributed by atoms with Gasteiger partial charge >= 0.3 is 0 Å². The number of rotatable bonds is 4. The summed E-state index contributed by atoms with van der Waals surface area (Å²) >= 11 is 0. The third kappa shape index (κ3) is 2.66. The molecule has 0 bridgehead atoms. The topological polar surface area (TPSA) is 47.0 Å². The van der Waals surface area contributed by atoms with Gasteiger partial charge < -0.3 is 0 Å². The van der Waals surface area contributed by atoms with Gasteiger partial charge in [-0.25, -0.2) is 4.39 Å². The molecule has 1 aromatic carbocycles. The molecule has 18 heavy (non-hydrogen) atoms. The number of carbonyl (C=O) groups excluding carboxylic acids is 2. The monoisotopic (exact) mass is 243 g/mol. The molecule has 0 aliphatic carbocycles. The van der Waals surface area contributed by atoms with E-state index in [2.05, 4.69) is 4.98 Å². The van der Waals surface area contributed by atoms with Crippen LogP contribution >= 0.6 is 0 Å². The van der Waals surface area contributed by atoms with E-state index in [-0.39, 0.29) is 17.8 Å². The van der Waals surface area contributed by atoms with E-state index in [1.165, 1.54) is 42.7 Å². The number of ketones is 2. The fourth-order valence-corrected chi connectivity index (χ4v) is 1.57. The Bertz CT molecular complexity index is 581. The summed E-state index contributed by atoms with van der Waals surface area (Å²) in [6.45, 7) is 0. The first kappa shape index (κ1) is 12.1. The maximum atomic E-state index is 13.4. The van der Waals surface area contributed by atoms with E-state index < -0.39 is 11.6 Å². The molecule has 0 N–H and O–H groups in total. The highest BCUT2D eigenvalue weighted by atomic mass is 19.1. The Hall–Kier alpha value is -2.36. The van der Waals surface area contributed by atoms with Crippen molar-refractivity contribution in [3.05, 3.63) is 65.7 Å². The number of halogens is 1. The molecule has 1 heterocycles. The number of benzene rings is 1. The van der Waals surface area contributed by atoms with Gasteiger partial charge in [-0.05, 0) is 24.3 Å². The molecule has 90 valence electrons. The minimum absolute atomic E-state index is 0.0556. The lowest BCUT2D eigenvalue weighted by atomic mass is 10.0. The number of carbonyl (C=O) groups is 2. The zero-order valence-electron chi connectivity index (χ0n) is 9.47. The van der Waals surface area contributed by atoms with Crippen LogP contribution in [0.3, 0.4) is 0 Å². The molecule has 3 nitrogen and oxygen atoms in total. The molecule has 0 atom stereocenters. The Labute approximate surface area is 103 Å². The second kappa shape index (κ2) is 5.31. The second-order valence-electron chi connectivity index (χ2n) is 3.74. The van der Waals surface area contributed by atoms with E-state index in [0.717, 1.165) is 0 Å². The van der Waals surface area contributed by atoms with Gasteiger partial charge in [0.05, 0.1) is 12.0 Å². The predicted octanol–water partition coefficient (Wildman–Crippen LogP) is 2.68. The van der Waals surface area contributed by atoms with Crippen LogP contribution in [0.25, 0.3) is 0 Å². The Morgan fingerprint density at radius 3 is 2.33 bits per heavy atom. The van der Waals surface area contributed by atoms with Crippen molar-refractivity contribution in [1.82, 2.24) is 4.98 Å². The zero-order chi connectivity index (χ0) is 13.0. The van der Waals surface area contributed by atoms with E-state index in [1.54, 1.807) is 6.07 Å². The van der Waals surface area contributed by atoms with Crippen LogP contribution in [0.2, 0.25) is 0 Å². The van der Waals surface area contributed by atoms with E-state index in [9.17, 15) is 14.0 Å². The highest BCUT2D eigenvalue weighted by molar-refractivity contribution is 6.13. The molecule has 0 saturated heterocycles. The molecule has 1 aromatic heterocycles. The van der Waals surface area contributed by atoms with Crippen molar-refractivity contribution < 1.29 is 14.0 Å². The summed E-state index contributed by atoms with van der Waals surface area (Å²) in [5, 5.41) is 0. The van der Waals surface area contributed by atoms with Crippen LogP contribution in [0.1, 0.15) is 27.1 Å². The number of Topliss-reactive ketones (excluding diaryl/α,β-unsaturated/α-hetero) is 2. The molecular formula is C14H10FNO2. The predicted molar refractivity (Wildman–Crippen MR) is 63.9 cm³/mol. The fraction of sp³-hybridized carbons (Fsp3) is 0.0714. The Balaban J connectivity index is 2.14. The van der Waals surface area contributed by atoms with Gasteiger partial charge in [0.25, 0.3) is 0 Å². The van der Waals surface area contributed by atoms with Crippen LogP contribution in [0.5, 0.6) is 0 Å². The van der Waals surface area contributed by atoms with Crippen molar-refractivity contribution in [2.75, 3.05) is 0 Å². The van der Waals surface area contributed by atoms with Crippen LogP contribution in [0.4, 0.5) is 4.39 Å². The lowest BCUT2D eigenvalue weighted by Crippen LogP contribution is -2.10. The quantitative estimate of drug-likeness (QED) is 0.612. The molecule has 0 aliphatic heterocycles. The number of pyridine rings is 1. The van der Waals surface area contributed by atoms with Crippen molar-refractivity contribution in [2.24, 2.45) is 0 Å². The number of hydrogen-bond donors (Lipinski definition) is 0. The zero-order valence-corrected chi connectivity index (χ0v) is 9.47. The van der Waals surface area contributed by atoms with Gasteiger partial charge in [-0.1, -0.05) is 12.1 Å². The summed E-state index contributed by atoms with van der Waals surface area (Å²) in [7, 11) is 0. The van der Waals surface area contributed by atoms with Crippen molar-refractivity contribution in [3.8, 4) is 0 Å². The molecule has 0 aliphatic rings. The molecule has 0 unspecified atom stereocenters. The summed E-state index contributed by atoms with van der Waals surface area (Å²) < 4.78 is 13.4. The Morgan fingerprint density at radius 2 is 1.67 bits per heavy atom. The van der Waals surface area contributed by atoms with Crippen molar-refractivity contribution >= 4 is 11.6 Å². The van der Waals surface area contributed by atoms with Gasteiger partial charge in [0.15, 0.2) is 11.6 Å². The normalized spacial score (nSPS) is 10.1. The summed E-state index contributed by atoms with van der Waals surface area (Å²) in [4.78, 5) is 27.3. The van der Waals surface area contributed by atoms with Gasteiger partial charge in [-0.3, -0.25) is 14.6 Å². The van der Waals surface area contributed by atoms with Crippen LogP contribution in [0.15, 0.2) is 48.8 Å². The van der Waals surface area contributed by atoms with E-state index in [4.69, 9.17) is 0 Å². The highest BCUT2D eigenvalue weighted by Crippen LogP contribution is 2.11. The molecule has 0 amide bonds. The third-order valence-corrected chi connectivity index (χ3v) is 2.50. The van der Waals surface area contributed by atoms with Crippen LogP contribution in [-0.2, 0) is 0 Å². The molecule has 0 saturated carbocycles. The fourth-order valence-electron chi connectivity index (χ4n) is 1.57. The minimum Gasteiger partial charge on any atom is -0.294 e. The molecule has 2 aromatic rings. The van der Waals surface area contributed by atoms with Gasteiger partial charge in [0.2, 0.25) is 0 Å². The standard InChI is InChI=1S/C14H10FNO2/c15-12-4-2-1-3-11(12)14(18)9-13(17)10-5-7-16-8-6-10/h1-8H,9H2. The van der Waals surface area contributed by atoms with Crippen molar-refractivity contribution in [1.29, 1.82) is 0 Å². The molecule has 0 fully saturated rings. The van der Waals surface area contributed by atoms with E-state index >= 15 is 0 Å². The summed E-state index contributed by atoms with van der Waals surface area (Å²) in [5.74, 6) is -1.47. The van der Waals surface area contributed by atoms with Crippen molar-refractivity contribution in [2.45, 2.75) is 6.42 Å². The van der Waals surface area contributed by atoms with E-state index in [1.807, 2.05) is 0 Å². The minimum atomic E-state index is -0.606. The van der Waals surface area contributed by atoms with Crippen molar-refractivity contribution in [3.63, 3.8) is 0 Å².